The fraction of sp³-hybridized carbons (Fsp3) is 0.636. The van der Waals surface area contributed by atoms with E-state index in [1.54, 1.807) is 0 Å². The first-order chi connectivity index (χ1) is 5.83. The summed E-state index contributed by atoms with van der Waals surface area (Å²) < 4.78 is 5.55. The van der Waals surface area contributed by atoms with Gasteiger partial charge in [0.05, 0.1) is 5.76 Å². The summed E-state index contributed by atoms with van der Waals surface area (Å²) in [5, 5.41) is 0. The van der Waals surface area contributed by atoms with Crippen LogP contribution in [0.3, 0.4) is 0 Å². The molecule has 1 aliphatic rings. The Morgan fingerprint density at radius 2 is 2.42 bits per heavy atom. The summed E-state index contributed by atoms with van der Waals surface area (Å²) in [7, 11) is 0. The third kappa shape index (κ3) is 3.12. The van der Waals surface area contributed by atoms with Crippen molar-refractivity contribution in [1.82, 2.24) is 0 Å². The third-order valence-electron chi connectivity index (χ3n) is 2.11. The number of ether oxygens (including phenoxy) is 1. The quantitative estimate of drug-likeness (QED) is 0.459. The molecule has 1 unspecified atom stereocenters. The minimum Gasteiger partial charge on any atom is -0.491 e. The average Bonchev–Trinajstić information content (AvgIpc) is 2.05. The van der Waals surface area contributed by atoms with Gasteiger partial charge in [0.15, 0.2) is 0 Å². The monoisotopic (exact) mass is 166 g/mol. The lowest BCUT2D eigenvalue weighted by Gasteiger charge is -2.20. The van der Waals surface area contributed by atoms with Gasteiger partial charge in [-0.05, 0) is 18.9 Å². The van der Waals surface area contributed by atoms with Crippen molar-refractivity contribution in [3.8, 4) is 0 Å². The summed E-state index contributed by atoms with van der Waals surface area (Å²) in [6, 6.07) is 0. The van der Waals surface area contributed by atoms with Crippen molar-refractivity contribution < 1.29 is 4.74 Å². The molecule has 0 amide bonds. The molecule has 1 rings (SSSR count). The molecule has 0 bridgehead atoms. The van der Waals surface area contributed by atoms with E-state index in [0.717, 1.165) is 18.6 Å². The number of hydrogen-bond donors (Lipinski definition) is 0. The number of rotatable bonds is 4. The normalized spacial score (nSPS) is 22.4. The van der Waals surface area contributed by atoms with Crippen molar-refractivity contribution in [3.05, 3.63) is 24.5 Å². The second-order valence-corrected chi connectivity index (χ2v) is 3.32. The first-order valence-electron chi connectivity index (χ1n) is 4.84. The van der Waals surface area contributed by atoms with Crippen molar-refractivity contribution in [3.63, 3.8) is 0 Å². The summed E-state index contributed by atoms with van der Waals surface area (Å²) in [6.07, 6.45) is 10.5. The van der Waals surface area contributed by atoms with Crippen LogP contribution >= 0.6 is 0 Å². The fourth-order valence-corrected chi connectivity index (χ4v) is 1.40. The zero-order valence-corrected chi connectivity index (χ0v) is 7.88. The Balaban J connectivity index is 2.19. The molecule has 0 N–H and O–H groups in total. The molecule has 0 aromatic rings. The second kappa shape index (κ2) is 5.02. The van der Waals surface area contributed by atoms with Gasteiger partial charge in [-0.25, -0.2) is 0 Å². The van der Waals surface area contributed by atoms with Crippen molar-refractivity contribution in [2.75, 3.05) is 0 Å². The van der Waals surface area contributed by atoms with Crippen LogP contribution < -0.4 is 0 Å². The lowest BCUT2D eigenvalue weighted by atomic mass is 10.1. The van der Waals surface area contributed by atoms with Gasteiger partial charge in [-0.3, -0.25) is 0 Å². The second-order valence-electron chi connectivity index (χ2n) is 3.32. The third-order valence-corrected chi connectivity index (χ3v) is 2.11. The van der Waals surface area contributed by atoms with Gasteiger partial charge in [0.1, 0.15) is 6.10 Å². The molecule has 1 aliphatic heterocycles. The van der Waals surface area contributed by atoms with Crippen LogP contribution in [0.1, 0.15) is 39.0 Å². The van der Waals surface area contributed by atoms with E-state index in [0.29, 0.717) is 6.10 Å². The molecule has 1 atom stereocenters. The molecular weight excluding hydrogens is 148 g/mol. The lowest BCUT2D eigenvalue weighted by Crippen LogP contribution is -2.12. The zero-order valence-electron chi connectivity index (χ0n) is 7.88. The highest BCUT2D eigenvalue weighted by molar-refractivity contribution is 5.04. The first kappa shape index (κ1) is 9.37. The Morgan fingerprint density at radius 3 is 3.08 bits per heavy atom. The predicted molar refractivity (Wildman–Crippen MR) is 51.9 cm³/mol. The minimum absolute atomic E-state index is 0.304. The van der Waals surface area contributed by atoms with Crippen LogP contribution in [0.2, 0.25) is 0 Å². The topological polar surface area (TPSA) is 9.23 Å². The van der Waals surface area contributed by atoms with E-state index in [1.807, 2.05) is 0 Å². The highest BCUT2D eigenvalue weighted by Crippen LogP contribution is 2.18. The first-order valence-corrected chi connectivity index (χ1v) is 4.84. The highest BCUT2D eigenvalue weighted by atomic mass is 16.5. The Kier molecular flexibility index (Phi) is 3.92. The zero-order chi connectivity index (χ0) is 8.81. The van der Waals surface area contributed by atoms with Gasteiger partial charge in [-0.2, -0.15) is 0 Å². The van der Waals surface area contributed by atoms with Gasteiger partial charge in [0, 0.05) is 6.42 Å². The van der Waals surface area contributed by atoms with Crippen molar-refractivity contribution in [2.24, 2.45) is 0 Å². The molecule has 0 saturated carbocycles. The SMILES string of the molecule is C=C1CC=CC(CCCCC)O1. The lowest BCUT2D eigenvalue weighted by molar-refractivity contribution is 0.134. The highest BCUT2D eigenvalue weighted by Gasteiger charge is 2.09. The summed E-state index contributed by atoms with van der Waals surface area (Å²) >= 11 is 0. The molecule has 68 valence electrons. The Morgan fingerprint density at radius 1 is 1.58 bits per heavy atom. The Hall–Kier alpha value is -0.720. The molecule has 0 fully saturated rings. The van der Waals surface area contributed by atoms with Crippen molar-refractivity contribution >= 4 is 0 Å². The molecule has 0 aromatic carbocycles. The predicted octanol–water partition coefficient (Wildman–Crippen LogP) is 3.43. The Bertz CT molecular complexity index is 170. The van der Waals surface area contributed by atoms with Crippen LogP contribution in [0.25, 0.3) is 0 Å². The molecule has 12 heavy (non-hydrogen) atoms. The van der Waals surface area contributed by atoms with E-state index in [-0.39, 0.29) is 0 Å². The van der Waals surface area contributed by atoms with E-state index < -0.39 is 0 Å². The largest absolute Gasteiger partial charge is 0.491 e. The fourth-order valence-electron chi connectivity index (χ4n) is 1.40. The van der Waals surface area contributed by atoms with E-state index in [2.05, 4.69) is 25.7 Å². The van der Waals surface area contributed by atoms with Crippen LogP contribution in [0, 0.1) is 0 Å². The molecule has 1 heterocycles. The maximum Gasteiger partial charge on any atom is 0.116 e. The molecule has 1 heteroatoms. The van der Waals surface area contributed by atoms with Gasteiger partial charge in [0.2, 0.25) is 0 Å². The summed E-state index contributed by atoms with van der Waals surface area (Å²) in [6.45, 7) is 6.04. The van der Waals surface area contributed by atoms with Crippen LogP contribution in [0.5, 0.6) is 0 Å². The molecule has 0 saturated heterocycles. The van der Waals surface area contributed by atoms with Gasteiger partial charge < -0.3 is 4.74 Å². The van der Waals surface area contributed by atoms with Gasteiger partial charge in [-0.15, -0.1) is 0 Å². The molecule has 0 spiro atoms. The van der Waals surface area contributed by atoms with Gasteiger partial charge in [-0.1, -0.05) is 32.4 Å². The molecule has 0 aromatic heterocycles. The van der Waals surface area contributed by atoms with Crippen LogP contribution in [-0.4, -0.2) is 6.10 Å². The smallest absolute Gasteiger partial charge is 0.116 e. The van der Waals surface area contributed by atoms with Crippen molar-refractivity contribution in [1.29, 1.82) is 0 Å². The molecule has 1 nitrogen and oxygen atoms in total. The van der Waals surface area contributed by atoms with E-state index in [9.17, 15) is 0 Å². The van der Waals surface area contributed by atoms with Crippen LogP contribution in [-0.2, 0) is 4.74 Å². The van der Waals surface area contributed by atoms with Crippen molar-refractivity contribution in [2.45, 2.75) is 45.1 Å². The van der Waals surface area contributed by atoms with E-state index in [1.165, 1.54) is 19.3 Å². The average molecular weight is 166 g/mol. The van der Waals surface area contributed by atoms with Gasteiger partial charge in [0.25, 0.3) is 0 Å². The Labute approximate surface area is 75.1 Å². The maximum atomic E-state index is 5.55. The van der Waals surface area contributed by atoms with Crippen LogP contribution in [0.4, 0.5) is 0 Å². The summed E-state index contributed by atoms with van der Waals surface area (Å²) in [5.41, 5.74) is 0. The van der Waals surface area contributed by atoms with E-state index >= 15 is 0 Å². The summed E-state index contributed by atoms with van der Waals surface area (Å²) in [5.74, 6) is 0.916. The van der Waals surface area contributed by atoms with Gasteiger partial charge >= 0.3 is 0 Å². The number of unbranched alkanes of at least 4 members (excludes halogenated alkanes) is 2. The van der Waals surface area contributed by atoms with Crippen LogP contribution in [0.15, 0.2) is 24.5 Å². The standard InChI is InChI=1S/C11H18O/c1-3-4-5-8-11-9-6-7-10(2)12-11/h6,9,11H,2-5,7-8H2,1H3. The number of hydrogen-bond acceptors (Lipinski definition) is 1. The minimum atomic E-state index is 0.304. The molecule has 0 aliphatic carbocycles. The maximum absolute atomic E-state index is 5.55. The molecular formula is C11H18O. The molecule has 0 radical (unpaired) electrons. The summed E-state index contributed by atoms with van der Waals surface area (Å²) in [4.78, 5) is 0. The number of allylic oxidation sites excluding steroid dienone is 1. The van der Waals surface area contributed by atoms with E-state index in [4.69, 9.17) is 4.74 Å².